The van der Waals surface area contributed by atoms with Crippen molar-refractivity contribution in [1.82, 2.24) is 4.98 Å². The monoisotopic (exact) mass is 336 g/mol. The lowest BCUT2D eigenvalue weighted by Gasteiger charge is -2.21. The van der Waals surface area contributed by atoms with Gasteiger partial charge in [0.05, 0.1) is 5.52 Å². The van der Waals surface area contributed by atoms with Crippen LogP contribution in [0.25, 0.3) is 10.9 Å². The van der Waals surface area contributed by atoms with Gasteiger partial charge in [-0.05, 0) is 48.6 Å². The maximum Gasteiger partial charge on any atom is 0.126 e. The maximum absolute atomic E-state index is 9.21. The van der Waals surface area contributed by atoms with E-state index in [-0.39, 0.29) is 12.0 Å². The van der Waals surface area contributed by atoms with Crippen molar-refractivity contribution in [2.75, 3.05) is 18.5 Å². The quantitative estimate of drug-likeness (QED) is 0.776. The lowest BCUT2D eigenvalue weighted by atomic mass is 9.89. The maximum atomic E-state index is 9.21. The average Bonchev–Trinajstić information content (AvgIpc) is 2.43. The Morgan fingerprint density at radius 2 is 2.05 bits per heavy atom. The molecule has 0 bridgehead atoms. The van der Waals surface area contributed by atoms with Crippen LogP contribution in [0.2, 0.25) is 0 Å². The molecule has 108 valence electrons. The smallest absolute Gasteiger partial charge is 0.126 e. The predicted octanol–water partition coefficient (Wildman–Crippen LogP) is 4.21. The fourth-order valence-electron chi connectivity index (χ4n) is 2.06. The molecule has 20 heavy (non-hydrogen) atoms. The van der Waals surface area contributed by atoms with E-state index in [0.29, 0.717) is 0 Å². The van der Waals surface area contributed by atoms with Gasteiger partial charge in [-0.1, -0.05) is 29.8 Å². The van der Waals surface area contributed by atoms with Crippen LogP contribution in [0.1, 0.15) is 26.7 Å². The lowest BCUT2D eigenvalue weighted by molar-refractivity contribution is 0.149. The first-order valence-electron chi connectivity index (χ1n) is 6.91. The zero-order valence-electron chi connectivity index (χ0n) is 12.0. The van der Waals surface area contributed by atoms with Gasteiger partial charge in [-0.15, -0.1) is 0 Å². The number of anilines is 1. The van der Waals surface area contributed by atoms with Crippen LogP contribution >= 0.6 is 15.9 Å². The van der Waals surface area contributed by atoms with Crippen molar-refractivity contribution < 1.29 is 5.11 Å². The number of aliphatic hydroxyl groups is 1. The Morgan fingerprint density at radius 1 is 1.25 bits per heavy atom. The van der Waals surface area contributed by atoms with E-state index in [4.69, 9.17) is 0 Å². The van der Waals surface area contributed by atoms with Crippen molar-refractivity contribution in [1.29, 1.82) is 0 Å². The fraction of sp³-hybridized carbons (Fsp3) is 0.438. The van der Waals surface area contributed by atoms with E-state index in [1.807, 2.05) is 18.2 Å². The zero-order chi connectivity index (χ0) is 14.6. The van der Waals surface area contributed by atoms with Crippen molar-refractivity contribution >= 4 is 32.7 Å². The van der Waals surface area contributed by atoms with Crippen LogP contribution in [-0.4, -0.2) is 23.2 Å². The third kappa shape index (κ3) is 4.18. The first kappa shape index (κ1) is 15.3. The molecule has 2 rings (SSSR count). The topological polar surface area (TPSA) is 45.1 Å². The summed E-state index contributed by atoms with van der Waals surface area (Å²) in [5.74, 6) is 0.904. The molecule has 3 nitrogen and oxygen atoms in total. The summed E-state index contributed by atoms with van der Waals surface area (Å²) in [4.78, 5) is 4.59. The lowest BCUT2D eigenvalue weighted by Crippen LogP contribution is -2.18. The molecule has 0 fully saturated rings. The summed E-state index contributed by atoms with van der Waals surface area (Å²) in [5, 5.41) is 13.7. The molecule has 0 aliphatic rings. The molecule has 0 saturated heterocycles. The summed E-state index contributed by atoms with van der Waals surface area (Å²) in [5.41, 5.74) is 0.999. The first-order valence-corrected chi connectivity index (χ1v) is 7.70. The molecule has 1 heterocycles. The molecule has 1 aromatic heterocycles. The number of nitrogens with zero attached hydrogens (tertiary/aromatic N) is 1. The van der Waals surface area contributed by atoms with Crippen molar-refractivity contribution in [3.8, 4) is 0 Å². The summed E-state index contributed by atoms with van der Waals surface area (Å²) in [6.07, 6.45) is 2.02. The molecule has 2 N–H and O–H groups in total. The summed E-state index contributed by atoms with van der Waals surface area (Å²) in [6, 6.07) is 10.2. The van der Waals surface area contributed by atoms with Crippen molar-refractivity contribution in [2.45, 2.75) is 26.7 Å². The second-order valence-electron chi connectivity index (χ2n) is 5.89. The Bertz CT molecular complexity index is 584. The number of pyridine rings is 1. The van der Waals surface area contributed by atoms with Gasteiger partial charge in [0.2, 0.25) is 0 Å². The number of aliphatic hydroxyl groups excluding tert-OH is 1. The number of rotatable bonds is 6. The molecular weight excluding hydrogens is 316 g/mol. The Hall–Kier alpha value is -1.13. The van der Waals surface area contributed by atoms with E-state index < -0.39 is 0 Å². The van der Waals surface area contributed by atoms with Gasteiger partial charge >= 0.3 is 0 Å². The van der Waals surface area contributed by atoms with Crippen LogP contribution in [0.5, 0.6) is 0 Å². The van der Waals surface area contributed by atoms with Gasteiger partial charge in [-0.25, -0.2) is 4.98 Å². The van der Waals surface area contributed by atoms with Crippen LogP contribution in [0.4, 0.5) is 5.82 Å². The van der Waals surface area contributed by atoms with Crippen molar-refractivity contribution in [2.24, 2.45) is 5.41 Å². The van der Waals surface area contributed by atoms with Gasteiger partial charge < -0.3 is 10.4 Å². The minimum Gasteiger partial charge on any atom is -0.396 e. The van der Waals surface area contributed by atoms with E-state index in [1.54, 1.807) is 0 Å². The number of nitrogens with one attached hydrogen (secondary N) is 1. The normalized spacial score (nSPS) is 11.8. The Labute approximate surface area is 128 Å². The van der Waals surface area contributed by atoms with Gasteiger partial charge in [0, 0.05) is 23.0 Å². The highest BCUT2D eigenvalue weighted by Gasteiger charge is 2.15. The summed E-state index contributed by atoms with van der Waals surface area (Å²) in [7, 11) is 0. The molecule has 0 aliphatic heterocycles. The number of halogens is 1. The SMILES string of the molecule is CC(C)(CO)CCCNc1ccc2cc(Br)ccc2n1. The van der Waals surface area contributed by atoms with Crippen LogP contribution in [0.3, 0.4) is 0 Å². The van der Waals surface area contributed by atoms with E-state index in [0.717, 1.165) is 40.6 Å². The van der Waals surface area contributed by atoms with Gasteiger partial charge in [0.15, 0.2) is 0 Å². The second-order valence-corrected chi connectivity index (χ2v) is 6.80. The van der Waals surface area contributed by atoms with Gasteiger partial charge in [0.25, 0.3) is 0 Å². The van der Waals surface area contributed by atoms with Crippen LogP contribution in [0, 0.1) is 5.41 Å². The molecule has 1 aromatic carbocycles. The highest BCUT2D eigenvalue weighted by Crippen LogP contribution is 2.22. The van der Waals surface area contributed by atoms with E-state index in [1.165, 1.54) is 0 Å². The molecule has 2 aromatic rings. The average molecular weight is 337 g/mol. The number of aromatic nitrogens is 1. The Kier molecular flexibility index (Phi) is 5.00. The van der Waals surface area contributed by atoms with Gasteiger partial charge in [0.1, 0.15) is 5.82 Å². The number of fused-ring (bicyclic) bond motifs is 1. The minimum absolute atomic E-state index is 0.00473. The standard InChI is InChI=1S/C16H21BrN2O/c1-16(2,11-20)8-3-9-18-15-7-4-12-10-13(17)5-6-14(12)19-15/h4-7,10,20H,3,8-9,11H2,1-2H3,(H,18,19). The molecule has 0 atom stereocenters. The van der Waals surface area contributed by atoms with Crippen LogP contribution in [0.15, 0.2) is 34.8 Å². The van der Waals surface area contributed by atoms with Crippen molar-refractivity contribution in [3.63, 3.8) is 0 Å². The zero-order valence-corrected chi connectivity index (χ0v) is 13.6. The fourth-order valence-corrected chi connectivity index (χ4v) is 2.44. The van der Waals surface area contributed by atoms with Crippen molar-refractivity contribution in [3.05, 3.63) is 34.8 Å². The molecule has 0 unspecified atom stereocenters. The summed E-state index contributed by atoms with van der Waals surface area (Å²) in [6.45, 7) is 5.27. The van der Waals surface area contributed by atoms with E-state index in [9.17, 15) is 5.11 Å². The summed E-state index contributed by atoms with van der Waals surface area (Å²) >= 11 is 3.46. The van der Waals surface area contributed by atoms with Gasteiger partial charge in [-0.3, -0.25) is 0 Å². The van der Waals surface area contributed by atoms with E-state index in [2.05, 4.69) is 52.2 Å². The third-order valence-corrected chi connectivity index (χ3v) is 3.91. The molecule has 0 spiro atoms. The molecule has 0 amide bonds. The van der Waals surface area contributed by atoms with E-state index >= 15 is 0 Å². The minimum atomic E-state index is 0.00473. The predicted molar refractivity (Wildman–Crippen MR) is 88.0 cm³/mol. The molecule has 0 saturated carbocycles. The first-order chi connectivity index (χ1) is 9.50. The third-order valence-electron chi connectivity index (χ3n) is 3.42. The number of hydrogen-bond acceptors (Lipinski definition) is 3. The number of benzene rings is 1. The Balaban J connectivity index is 1.92. The highest BCUT2D eigenvalue weighted by molar-refractivity contribution is 9.10. The van der Waals surface area contributed by atoms with Gasteiger partial charge in [-0.2, -0.15) is 0 Å². The second kappa shape index (κ2) is 6.55. The highest BCUT2D eigenvalue weighted by atomic mass is 79.9. The Morgan fingerprint density at radius 3 is 2.80 bits per heavy atom. The van der Waals surface area contributed by atoms with Crippen LogP contribution < -0.4 is 5.32 Å². The summed E-state index contributed by atoms with van der Waals surface area (Å²) < 4.78 is 1.07. The molecule has 0 aliphatic carbocycles. The molecule has 0 radical (unpaired) electrons. The molecule has 4 heteroatoms. The molecular formula is C16H21BrN2O. The largest absolute Gasteiger partial charge is 0.396 e. The number of hydrogen-bond donors (Lipinski definition) is 2. The van der Waals surface area contributed by atoms with Crippen LogP contribution in [-0.2, 0) is 0 Å².